The highest BCUT2D eigenvalue weighted by molar-refractivity contribution is 5.91. The Kier molecular flexibility index (Phi) is 5.73. The van der Waals surface area contributed by atoms with E-state index in [1.807, 2.05) is 0 Å². The van der Waals surface area contributed by atoms with E-state index < -0.39 is 35.3 Å². The van der Waals surface area contributed by atoms with E-state index in [4.69, 9.17) is 0 Å². The molecular formula is C17H16F5N2O+. The molecule has 0 fully saturated rings. The first-order chi connectivity index (χ1) is 11.7. The van der Waals surface area contributed by atoms with E-state index >= 15 is 0 Å². The summed E-state index contributed by atoms with van der Waals surface area (Å²) in [6.45, 7) is 1.50. The summed E-state index contributed by atoms with van der Waals surface area (Å²) in [5.74, 6) is -1.95. The van der Waals surface area contributed by atoms with Crippen molar-refractivity contribution in [3.8, 4) is 0 Å². The predicted octanol–water partition coefficient (Wildman–Crippen LogP) is 3.25. The molecule has 0 bridgehead atoms. The van der Waals surface area contributed by atoms with Gasteiger partial charge in [0.1, 0.15) is 17.7 Å². The second kappa shape index (κ2) is 7.60. The smallest absolute Gasteiger partial charge is 0.332 e. The number of hydrogen-bond acceptors (Lipinski definition) is 1. The third-order valence-electron chi connectivity index (χ3n) is 3.58. The number of anilines is 1. The minimum atomic E-state index is -4.50. The fourth-order valence-electron chi connectivity index (χ4n) is 2.27. The van der Waals surface area contributed by atoms with E-state index in [-0.39, 0.29) is 17.8 Å². The minimum Gasteiger partial charge on any atom is -0.332 e. The number of carbonyl (C=O) groups is 1. The average molecular weight is 359 g/mol. The van der Waals surface area contributed by atoms with Crippen LogP contribution < -0.4 is 10.6 Å². The van der Waals surface area contributed by atoms with Crippen molar-refractivity contribution in [3.05, 3.63) is 65.2 Å². The maximum Gasteiger partial charge on any atom is 0.416 e. The van der Waals surface area contributed by atoms with Gasteiger partial charge in [-0.25, -0.2) is 8.78 Å². The molecule has 0 spiro atoms. The van der Waals surface area contributed by atoms with Crippen molar-refractivity contribution in [2.75, 3.05) is 11.9 Å². The molecule has 2 aromatic carbocycles. The summed E-state index contributed by atoms with van der Waals surface area (Å²) in [6.07, 6.45) is -4.50. The van der Waals surface area contributed by atoms with Crippen LogP contribution in [0.5, 0.6) is 0 Å². The maximum absolute atomic E-state index is 13.7. The van der Waals surface area contributed by atoms with Gasteiger partial charge in [0.2, 0.25) is 0 Å². The molecule has 1 atom stereocenters. The zero-order valence-electron chi connectivity index (χ0n) is 13.2. The van der Waals surface area contributed by atoms with Crippen LogP contribution in [0.1, 0.15) is 24.1 Å². The first-order valence-electron chi connectivity index (χ1n) is 7.42. The van der Waals surface area contributed by atoms with Crippen LogP contribution in [-0.4, -0.2) is 12.5 Å². The number of rotatable bonds is 5. The molecule has 3 nitrogen and oxygen atoms in total. The normalized spacial score (nSPS) is 12.7. The standard InChI is InChI=1S/C17H15F5N2O/c1-10(14-6-5-12(18)8-15(14)19)23-9-16(25)24-13-4-2-3-11(7-13)17(20,21)22/h2-8,10,23H,9H2,1H3,(H,24,25)/p+1/t10-/m1/s1. The van der Waals surface area contributed by atoms with Gasteiger partial charge in [0.15, 0.2) is 6.54 Å². The number of quaternary nitrogens is 1. The molecule has 0 aliphatic carbocycles. The molecule has 0 saturated heterocycles. The second-order valence-corrected chi connectivity index (χ2v) is 5.52. The van der Waals surface area contributed by atoms with Gasteiger partial charge in [0, 0.05) is 17.3 Å². The number of halogens is 5. The van der Waals surface area contributed by atoms with Gasteiger partial charge in [-0.05, 0) is 37.3 Å². The van der Waals surface area contributed by atoms with Crippen LogP contribution in [0.2, 0.25) is 0 Å². The first kappa shape index (κ1) is 18.9. The quantitative estimate of drug-likeness (QED) is 0.791. The van der Waals surface area contributed by atoms with E-state index in [0.29, 0.717) is 0 Å². The van der Waals surface area contributed by atoms with Crippen molar-refractivity contribution in [3.63, 3.8) is 0 Å². The molecule has 2 aromatic rings. The van der Waals surface area contributed by atoms with Crippen molar-refractivity contribution >= 4 is 11.6 Å². The molecular weight excluding hydrogens is 343 g/mol. The molecule has 3 N–H and O–H groups in total. The van der Waals surface area contributed by atoms with E-state index in [1.54, 1.807) is 6.92 Å². The molecule has 0 heterocycles. The van der Waals surface area contributed by atoms with Crippen LogP contribution in [0, 0.1) is 11.6 Å². The van der Waals surface area contributed by atoms with Gasteiger partial charge in [0.25, 0.3) is 5.91 Å². The number of nitrogens with one attached hydrogen (secondary N) is 1. The lowest BCUT2D eigenvalue weighted by atomic mass is 10.1. The summed E-state index contributed by atoms with van der Waals surface area (Å²) in [5, 5.41) is 3.86. The van der Waals surface area contributed by atoms with E-state index in [1.165, 1.54) is 23.5 Å². The Bertz CT molecular complexity index is 761. The molecule has 1 amide bonds. The zero-order chi connectivity index (χ0) is 18.6. The van der Waals surface area contributed by atoms with Crippen LogP contribution >= 0.6 is 0 Å². The highest BCUT2D eigenvalue weighted by atomic mass is 19.4. The first-order valence-corrected chi connectivity index (χ1v) is 7.42. The van der Waals surface area contributed by atoms with Crippen LogP contribution in [0.4, 0.5) is 27.6 Å². The number of nitrogens with two attached hydrogens (primary N) is 1. The van der Waals surface area contributed by atoms with Crippen LogP contribution in [-0.2, 0) is 11.0 Å². The van der Waals surface area contributed by atoms with Crippen molar-refractivity contribution in [1.82, 2.24) is 0 Å². The lowest BCUT2D eigenvalue weighted by Gasteiger charge is -2.13. The molecule has 25 heavy (non-hydrogen) atoms. The minimum absolute atomic E-state index is 0.0221. The number of benzene rings is 2. The van der Waals surface area contributed by atoms with Crippen LogP contribution in [0.25, 0.3) is 0 Å². The third kappa shape index (κ3) is 5.25. The summed E-state index contributed by atoms with van der Waals surface area (Å²) >= 11 is 0. The Morgan fingerprint density at radius 3 is 2.52 bits per heavy atom. The van der Waals surface area contributed by atoms with E-state index in [0.717, 1.165) is 24.3 Å². The van der Waals surface area contributed by atoms with Gasteiger partial charge >= 0.3 is 6.18 Å². The van der Waals surface area contributed by atoms with Crippen molar-refractivity contribution < 1.29 is 32.1 Å². The van der Waals surface area contributed by atoms with Gasteiger partial charge < -0.3 is 10.6 Å². The van der Waals surface area contributed by atoms with Gasteiger partial charge in [-0.2, -0.15) is 13.2 Å². The fraction of sp³-hybridized carbons (Fsp3) is 0.235. The van der Waals surface area contributed by atoms with Crippen molar-refractivity contribution in [2.24, 2.45) is 0 Å². The molecule has 0 unspecified atom stereocenters. The van der Waals surface area contributed by atoms with Gasteiger partial charge in [-0.15, -0.1) is 0 Å². The average Bonchev–Trinajstić information content (AvgIpc) is 2.52. The van der Waals surface area contributed by atoms with Gasteiger partial charge in [-0.3, -0.25) is 4.79 Å². The molecule has 8 heteroatoms. The predicted molar refractivity (Wildman–Crippen MR) is 81.6 cm³/mol. The zero-order valence-corrected chi connectivity index (χ0v) is 13.2. The van der Waals surface area contributed by atoms with Crippen LogP contribution in [0.15, 0.2) is 42.5 Å². The molecule has 0 aromatic heterocycles. The van der Waals surface area contributed by atoms with Gasteiger partial charge in [-0.1, -0.05) is 6.07 Å². The number of alkyl halides is 3. The molecule has 0 aliphatic heterocycles. The molecule has 2 rings (SSSR count). The van der Waals surface area contributed by atoms with E-state index in [9.17, 15) is 26.7 Å². The third-order valence-corrected chi connectivity index (χ3v) is 3.58. The molecule has 0 radical (unpaired) electrons. The summed E-state index contributed by atoms with van der Waals surface area (Å²) in [6, 6.07) is 6.97. The highest BCUT2D eigenvalue weighted by Gasteiger charge is 2.30. The number of carbonyl (C=O) groups excluding carboxylic acids is 1. The van der Waals surface area contributed by atoms with Gasteiger partial charge in [0.05, 0.1) is 5.56 Å². The Balaban J connectivity index is 1.94. The van der Waals surface area contributed by atoms with Crippen LogP contribution in [0.3, 0.4) is 0 Å². The van der Waals surface area contributed by atoms with Crippen molar-refractivity contribution in [1.29, 1.82) is 0 Å². The Morgan fingerprint density at radius 1 is 1.16 bits per heavy atom. The second-order valence-electron chi connectivity index (χ2n) is 5.52. The molecule has 134 valence electrons. The monoisotopic (exact) mass is 359 g/mol. The Labute approximate surface area is 140 Å². The number of hydrogen-bond donors (Lipinski definition) is 2. The number of amides is 1. The Hall–Kier alpha value is -2.48. The maximum atomic E-state index is 13.7. The summed E-state index contributed by atoms with van der Waals surface area (Å²) in [7, 11) is 0. The van der Waals surface area contributed by atoms with E-state index in [2.05, 4.69) is 5.32 Å². The highest BCUT2D eigenvalue weighted by Crippen LogP contribution is 2.30. The van der Waals surface area contributed by atoms with Crippen molar-refractivity contribution in [2.45, 2.75) is 19.1 Å². The summed E-state index contributed by atoms with van der Waals surface area (Å²) in [5.41, 5.74) is -0.613. The SMILES string of the molecule is C[C@@H]([NH2+]CC(=O)Nc1cccc(C(F)(F)F)c1)c1ccc(F)cc1F. The lowest BCUT2D eigenvalue weighted by Crippen LogP contribution is -2.86. The Morgan fingerprint density at radius 2 is 1.88 bits per heavy atom. The molecule has 0 aliphatic rings. The largest absolute Gasteiger partial charge is 0.416 e. The topological polar surface area (TPSA) is 45.7 Å². The fourth-order valence-corrected chi connectivity index (χ4v) is 2.27. The lowest BCUT2D eigenvalue weighted by molar-refractivity contribution is -0.682. The molecule has 0 saturated carbocycles. The summed E-state index contributed by atoms with van der Waals surface area (Å²) in [4.78, 5) is 11.9. The summed E-state index contributed by atoms with van der Waals surface area (Å²) < 4.78 is 64.4.